The summed E-state index contributed by atoms with van der Waals surface area (Å²) >= 11 is 1.38. The number of fused-ring (bicyclic) bond motifs is 1. The number of aromatic nitrogens is 1. The van der Waals surface area contributed by atoms with Gasteiger partial charge in [0.05, 0.1) is 15.0 Å². The van der Waals surface area contributed by atoms with E-state index in [9.17, 15) is 24.8 Å². The summed E-state index contributed by atoms with van der Waals surface area (Å²) in [5.74, 6) is -0.973. The zero-order valence-corrected chi connectivity index (χ0v) is 19.7. The molecule has 1 heterocycles. The molecular formula is C26H22N2O6S. The molecule has 1 aliphatic carbocycles. The van der Waals surface area contributed by atoms with Gasteiger partial charge in [0.2, 0.25) is 0 Å². The van der Waals surface area contributed by atoms with Gasteiger partial charge in [-0.25, -0.2) is 4.79 Å². The van der Waals surface area contributed by atoms with Crippen LogP contribution in [0.25, 0.3) is 21.2 Å². The van der Waals surface area contributed by atoms with Crippen molar-refractivity contribution in [1.29, 1.82) is 0 Å². The summed E-state index contributed by atoms with van der Waals surface area (Å²) in [7, 11) is 0. The maximum Gasteiger partial charge on any atom is 0.339 e. The lowest BCUT2D eigenvalue weighted by molar-refractivity contribution is -0.384. The SMILES string of the molecule is Cc1ccccc1-c1cc([N+](=O)[O-])cc(C(=O)O)c1Oc1ccc2c(=O)n(C3CCCC3)sc2c1. The predicted molar refractivity (Wildman–Crippen MR) is 134 cm³/mol. The lowest BCUT2D eigenvalue weighted by Crippen LogP contribution is -2.16. The number of nitro groups is 1. The van der Waals surface area contributed by atoms with Crippen molar-refractivity contribution in [2.24, 2.45) is 0 Å². The molecule has 3 aromatic carbocycles. The molecule has 5 rings (SSSR count). The van der Waals surface area contributed by atoms with Gasteiger partial charge in [-0.1, -0.05) is 48.6 Å². The van der Waals surface area contributed by atoms with E-state index in [1.54, 1.807) is 30.3 Å². The molecule has 4 aromatic rings. The van der Waals surface area contributed by atoms with Crippen LogP contribution in [0.1, 0.15) is 47.6 Å². The van der Waals surface area contributed by atoms with Crippen LogP contribution in [-0.4, -0.2) is 20.0 Å². The number of carboxylic acid groups (broad SMARTS) is 1. The minimum atomic E-state index is -1.34. The maximum absolute atomic E-state index is 12.9. The number of carboxylic acids is 1. The molecule has 0 radical (unpaired) electrons. The first kappa shape index (κ1) is 22.8. The van der Waals surface area contributed by atoms with Crippen molar-refractivity contribution in [2.75, 3.05) is 0 Å². The van der Waals surface area contributed by atoms with Crippen molar-refractivity contribution >= 4 is 33.3 Å². The third-order valence-electron chi connectivity index (χ3n) is 6.41. The van der Waals surface area contributed by atoms with Crippen LogP contribution < -0.4 is 10.3 Å². The highest BCUT2D eigenvalue weighted by molar-refractivity contribution is 7.13. The Morgan fingerprint density at radius 2 is 1.86 bits per heavy atom. The van der Waals surface area contributed by atoms with Crippen LogP contribution in [0.5, 0.6) is 11.5 Å². The summed E-state index contributed by atoms with van der Waals surface area (Å²) in [4.78, 5) is 35.9. The number of rotatable bonds is 6. The second kappa shape index (κ2) is 8.99. The van der Waals surface area contributed by atoms with E-state index < -0.39 is 10.9 Å². The fourth-order valence-electron chi connectivity index (χ4n) is 4.64. The summed E-state index contributed by atoms with van der Waals surface area (Å²) in [5.41, 5.74) is 1.09. The smallest absolute Gasteiger partial charge is 0.339 e. The number of hydrogen-bond donors (Lipinski definition) is 1. The second-order valence-electron chi connectivity index (χ2n) is 8.67. The molecule has 9 heteroatoms. The Hall–Kier alpha value is -3.98. The van der Waals surface area contributed by atoms with Crippen molar-refractivity contribution in [3.63, 3.8) is 0 Å². The second-order valence-corrected chi connectivity index (χ2v) is 9.68. The number of ether oxygens (including phenoxy) is 1. The van der Waals surface area contributed by atoms with Crippen LogP contribution in [0.4, 0.5) is 5.69 Å². The number of aromatic carboxylic acids is 1. The normalized spacial score (nSPS) is 13.9. The third kappa shape index (κ3) is 4.19. The summed E-state index contributed by atoms with van der Waals surface area (Å²) < 4.78 is 8.69. The van der Waals surface area contributed by atoms with Gasteiger partial charge < -0.3 is 9.84 Å². The largest absolute Gasteiger partial charge is 0.478 e. The van der Waals surface area contributed by atoms with Gasteiger partial charge in [-0.2, -0.15) is 0 Å². The number of nitrogens with zero attached hydrogens (tertiary/aromatic N) is 2. The summed E-state index contributed by atoms with van der Waals surface area (Å²) in [6.07, 6.45) is 4.19. The highest BCUT2D eigenvalue weighted by Crippen LogP contribution is 2.41. The van der Waals surface area contributed by atoms with E-state index in [4.69, 9.17) is 4.74 Å². The summed E-state index contributed by atoms with van der Waals surface area (Å²) in [5, 5.41) is 22.0. The van der Waals surface area contributed by atoms with Crippen LogP contribution in [0, 0.1) is 17.0 Å². The molecule has 0 spiro atoms. The van der Waals surface area contributed by atoms with Crippen molar-refractivity contribution < 1.29 is 19.6 Å². The molecule has 0 amide bonds. The molecule has 8 nitrogen and oxygen atoms in total. The molecule has 0 aliphatic heterocycles. The maximum atomic E-state index is 12.9. The van der Waals surface area contributed by atoms with Gasteiger partial charge in [0.25, 0.3) is 11.2 Å². The lowest BCUT2D eigenvalue weighted by atomic mass is 9.96. The molecule has 0 saturated heterocycles. The van der Waals surface area contributed by atoms with Gasteiger partial charge >= 0.3 is 5.97 Å². The Labute approximate surface area is 204 Å². The van der Waals surface area contributed by atoms with Gasteiger partial charge in [-0.15, -0.1) is 0 Å². The van der Waals surface area contributed by atoms with E-state index >= 15 is 0 Å². The van der Waals surface area contributed by atoms with Crippen LogP contribution in [-0.2, 0) is 0 Å². The van der Waals surface area contributed by atoms with Gasteiger partial charge in [0.1, 0.15) is 17.1 Å². The average Bonchev–Trinajstić information content (AvgIpc) is 3.47. The topological polar surface area (TPSA) is 112 Å². The number of benzene rings is 3. The number of hydrogen-bond acceptors (Lipinski definition) is 6. The number of non-ortho nitro benzene ring substituents is 1. The fraction of sp³-hybridized carbons (Fsp3) is 0.231. The summed E-state index contributed by atoms with van der Waals surface area (Å²) in [6, 6.07) is 14.8. The van der Waals surface area contributed by atoms with Gasteiger partial charge in [-0.05, 0) is 43.0 Å². The minimum Gasteiger partial charge on any atom is -0.478 e. The average molecular weight is 491 g/mol. The molecule has 1 N–H and O–H groups in total. The molecule has 1 fully saturated rings. The zero-order chi connectivity index (χ0) is 24.7. The zero-order valence-electron chi connectivity index (χ0n) is 18.9. The van der Waals surface area contributed by atoms with Crippen LogP contribution >= 0.6 is 11.5 Å². The van der Waals surface area contributed by atoms with Crippen molar-refractivity contribution in [2.45, 2.75) is 38.6 Å². The lowest BCUT2D eigenvalue weighted by Gasteiger charge is -2.15. The minimum absolute atomic E-state index is 0.0133. The van der Waals surface area contributed by atoms with Crippen LogP contribution in [0.2, 0.25) is 0 Å². The van der Waals surface area contributed by atoms with E-state index in [0.29, 0.717) is 22.3 Å². The Kier molecular flexibility index (Phi) is 5.86. The molecule has 0 atom stereocenters. The van der Waals surface area contributed by atoms with Crippen LogP contribution in [0.15, 0.2) is 59.4 Å². The standard InChI is InChI=1S/C26H22N2O6S/c1-15-6-2-5-9-19(15)21-12-17(28(32)33)13-22(26(30)31)24(21)34-18-10-11-20-23(14-18)35-27(25(20)29)16-7-3-4-8-16/h2,5-6,9-14,16H,3-4,7-8H2,1H3,(H,30,31). The Morgan fingerprint density at radius 1 is 1.11 bits per heavy atom. The molecule has 1 saturated carbocycles. The highest BCUT2D eigenvalue weighted by atomic mass is 32.1. The van der Waals surface area contributed by atoms with Crippen LogP contribution in [0.3, 0.4) is 0 Å². The summed E-state index contributed by atoms with van der Waals surface area (Å²) in [6.45, 7) is 1.84. The molecule has 1 aromatic heterocycles. The number of nitro benzene ring substituents is 1. The highest BCUT2D eigenvalue weighted by Gasteiger charge is 2.25. The van der Waals surface area contributed by atoms with Crippen molar-refractivity contribution in [3.8, 4) is 22.6 Å². The molecule has 178 valence electrons. The van der Waals surface area contributed by atoms with Gasteiger partial charge in [0.15, 0.2) is 0 Å². The Morgan fingerprint density at radius 3 is 2.54 bits per heavy atom. The quantitative estimate of drug-likeness (QED) is 0.242. The van der Waals surface area contributed by atoms with E-state index in [2.05, 4.69) is 0 Å². The van der Waals surface area contributed by atoms with E-state index in [1.807, 2.05) is 23.0 Å². The third-order valence-corrected chi connectivity index (χ3v) is 7.60. The molecule has 35 heavy (non-hydrogen) atoms. The van der Waals surface area contributed by atoms with Crippen molar-refractivity contribution in [3.05, 3.63) is 86.2 Å². The first-order chi connectivity index (χ1) is 16.8. The first-order valence-electron chi connectivity index (χ1n) is 11.3. The number of aryl methyl sites for hydroxylation is 1. The molecule has 1 aliphatic rings. The molecule has 0 bridgehead atoms. The molecule has 0 unspecified atom stereocenters. The van der Waals surface area contributed by atoms with E-state index in [-0.39, 0.29) is 28.6 Å². The van der Waals surface area contributed by atoms with Gasteiger partial charge in [0, 0.05) is 29.8 Å². The van der Waals surface area contributed by atoms with E-state index in [1.165, 1.54) is 17.6 Å². The monoisotopic (exact) mass is 490 g/mol. The fourth-order valence-corrected chi connectivity index (χ4v) is 5.82. The van der Waals surface area contributed by atoms with Crippen molar-refractivity contribution in [1.82, 2.24) is 3.96 Å². The first-order valence-corrected chi connectivity index (χ1v) is 12.1. The van der Waals surface area contributed by atoms with E-state index in [0.717, 1.165) is 42.0 Å². The Bertz CT molecular complexity index is 1530. The van der Waals surface area contributed by atoms with Gasteiger partial charge in [-0.3, -0.25) is 18.9 Å². The Balaban J connectivity index is 1.65. The molecular weight excluding hydrogens is 468 g/mol. The predicted octanol–water partition coefficient (Wildman–Crippen LogP) is 6.55. The number of carbonyl (C=O) groups is 1.